The molecular formula is C28H28BrClN6O2. The van der Waals surface area contributed by atoms with Gasteiger partial charge in [0.15, 0.2) is 0 Å². The van der Waals surface area contributed by atoms with Gasteiger partial charge in [-0.3, -0.25) is 14.6 Å². The van der Waals surface area contributed by atoms with E-state index in [1.54, 1.807) is 18.6 Å². The topological polar surface area (TPSA) is 91.3 Å². The van der Waals surface area contributed by atoms with Crippen molar-refractivity contribution in [2.75, 3.05) is 35.2 Å². The molecule has 1 aromatic carbocycles. The summed E-state index contributed by atoms with van der Waals surface area (Å²) in [6.45, 7) is 1.86. The summed E-state index contributed by atoms with van der Waals surface area (Å²) in [6.07, 6.45) is 9.63. The molecule has 0 atom stereocenters. The van der Waals surface area contributed by atoms with Gasteiger partial charge in [0.2, 0.25) is 17.8 Å². The largest absolute Gasteiger partial charge is 0.342 e. The number of aromatic nitrogens is 3. The maximum Gasteiger partial charge on any atom is 0.233 e. The monoisotopic (exact) mass is 594 g/mol. The summed E-state index contributed by atoms with van der Waals surface area (Å²) >= 11 is 9.72. The van der Waals surface area contributed by atoms with E-state index < -0.39 is 5.41 Å². The maximum atomic E-state index is 13.5. The van der Waals surface area contributed by atoms with Crippen LogP contribution in [-0.4, -0.2) is 56.6 Å². The third kappa shape index (κ3) is 4.89. The Kier molecular flexibility index (Phi) is 6.82. The van der Waals surface area contributed by atoms with Gasteiger partial charge >= 0.3 is 0 Å². The van der Waals surface area contributed by atoms with Crippen molar-refractivity contribution in [1.29, 1.82) is 0 Å². The molecule has 0 radical (unpaired) electrons. The zero-order valence-electron chi connectivity index (χ0n) is 20.9. The number of nitrogens with zero attached hydrogens (tertiary/aromatic N) is 5. The minimum atomic E-state index is -0.407. The summed E-state index contributed by atoms with van der Waals surface area (Å²) in [5.74, 6) is 1.24. The summed E-state index contributed by atoms with van der Waals surface area (Å²) in [6, 6.07) is 10.3. The Morgan fingerprint density at radius 3 is 2.66 bits per heavy atom. The van der Waals surface area contributed by atoms with Crippen LogP contribution >= 0.6 is 27.5 Å². The normalized spacial score (nSPS) is 18.7. The van der Waals surface area contributed by atoms with E-state index in [4.69, 9.17) is 16.6 Å². The molecule has 1 saturated carbocycles. The minimum absolute atomic E-state index is 0.0771. The molecule has 38 heavy (non-hydrogen) atoms. The fourth-order valence-electron chi connectivity index (χ4n) is 5.56. The lowest BCUT2D eigenvalue weighted by Crippen LogP contribution is -2.47. The quantitative estimate of drug-likeness (QED) is 0.376. The summed E-state index contributed by atoms with van der Waals surface area (Å²) < 4.78 is 0. The highest BCUT2D eigenvalue weighted by Gasteiger charge is 2.49. The Bertz CT molecular complexity index is 1390. The van der Waals surface area contributed by atoms with E-state index in [0.717, 1.165) is 17.7 Å². The van der Waals surface area contributed by atoms with Crippen molar-refractivity contribution in [2.24, 2.45) is 5.41 Å². The van der Waals surface area contributed by atoms with Gasteiger partial charge in [-0.15, -0.1) is 0 Å². The van der Waals surface area contributed by atoms with Crippen molar-refractivity contribution in [3.05, 3.63) is 59.5 Å². The summed E-state index contributed by atoms with van der Waals surface area (Å²) in [5.41, 5.74) is 3.98. The molecule has 0 unspecified atom stereocenters. The number of piperidine rings is 1. The number of hydrogen-bond donors (Lipinski definition) is 1. The van der Waals surface area contributed by atoms with Gasteiger partial charge in [0.1, 0.15) is 0 Å². The highest BCUT2D eigenvalue weighted by Crippen LogP contribution is 2.44. The Hall–Kier alpha value is -3.04. The first kappa shape index (κ1) is 25.2. The Morgan fingerprint density at radius 2 is 1.89 bits per heavy atom. The van der Waals surface area contributed by atoms with E-state index in [9.17, 15) is 9.59 Å². The number of rotatable bonds is 6. The van der Waals surface area contributed by atoms with Crippen molar-refractivity contribution in [3.63, 3.8) is 0 Å². The van der Waals surface area contributed by atoms with Crippen LogP contribution in [0.3, 0.4) is 0 Å². The lowest BCUT2D eigenvalue weighted by Gasteiger charge is -2.37. The van der Waals surface area contributed by atoms with Crippen LogP contribution in [0.25, 0.3) is 11.3 Å². The van der Waals surface area contributed by atoms with Crippen LogP contribution in [0, 0.1) is 5.41 Å². The third-order valence-electron chi connectivity index (χ3n) is 7.94. The zero-order chi connectivity index (χ0) is 26.3. The smallest absolute Gasteiger partial charge is 0.233 e. The maximum absolute atomic E-state index is 13.5. The van der Waals surface area contributed by atoms with Crippen LogP contribution in [0.1, 0.15) is 43.6 Å². The zero-order valence-corrected chi connectivity index (χ0v) is 23.2. The van der Waals surface area contributed by atoms with Crippen LogP contribution < -0.4 is 10.2 Å². The van der Waals surface area contributed by atoms with Crippen molar-refractivity contribution in [3.8, 4) is 11.3 Å². The highest BCUT2D eigenvalue weighted by molar-refractivity contribution is 9.09. The summed E-state index contributed by atoms with van der Waals surface area (Å²) in [4.78, 5) is 42.7. The molecule has 8 nitrogen and oxygen atoms in total. The van der Waals surface area contributed by atoms with E-state index in [1.807, 2.05) is 28.0 Å². The van der Waals surface area contributed by atoms with E-state index in [2.05, 4.69) is 43.3 Å². The van der Waals surface area contributed by atoms with Crippen LogP contribution in [-0.2, 0) is 9.59 Å². The van der Waals surface area contributed by atoms with Gasteiger partial charge in [0, 0.05) is 25.2 Å². The van der Waals surface area contributed by atoms with Gasteiger partial charge in [0.05, 0.1) is 51.4 Å². The first-order valence-corrected chi connectivity index (χ1v) is 14.5. The molecule has 1 N–H and O–H groups in total. The average molecular weight is 596 g/mol. The van der Waals surface area contributed by atoms with Crippen LogP contribution in [0.15, 0.2) is 48.9 Å². The lowest BCUT2D eigenvalue weighted by molar-refractivity contribution is -0.135. The molecule has 0 bridgehead atoms. The minimum Gasteiger partial charge on any atom is -0.342 e. The molecule has 2 saturated heterocycles. The number of likely N-dealkylation sites (tertiary alicyclic amines) is 1. The average Bonchev–Trinajstić information content (AvgIpc) is 3.76. The second kappa shape index (κ2) is 10.3. The van der Waals surface area contributed by atoms with Crippen molar-refractivity contribution in [2.45, 2.75) is 38.0 Å². The summed E-state index contributed by atoms with van der Waals surface area (Å²) in [5, 5.41) is 4.04. The van der Waals surface area contributed by atoms with E-state index in [-0.39, 0.29) is 11.8 Å². The van der Waals surface area contributed by atoms with Gasteiger partial charge in [-0.05, 0) is 55.7 Å². The fraction of sp³-hybridized carbons (Fsp3) is 0.393. The van der Waals surface area contributed by atoms with Gasteiger partial charge in [-0.25, -0.2) is 9.97 Å². The predicted octanol–water partition coefficient (Wildman–Crippen LogP) is 5.55. The van der Waals surface area contributed by atoms with Gasteiger partial charge in [-0.1, -0.05) is 45.7 Å². The second-order valence-corrected chi connectivity index (χ2v) is 11.3. The second-order valence-electron chi connectivity index (χ2n) is 10.3. The molecular weight excluding hydrogens is 568 g/mol. The molecule has 3 aromatic rings. The Morgan fingerprint density at radius 1 is 1.11 bits per heavy atom. The predicted molar refractivity (Wildman–Crippen MR) is 151 cm³/mol. The van der Waals surface area contributed by atoms with Crippen molar-refractivity contribution >= 4 is 56.7 Å². The van der Waals surface area contributed by atoms with Gasteiger partial charge < -0.3 is 15.1 Å². The lowest BCUT2D eigenvalue weighted by atomic mass is 9.77. The van der Waals surface area contributed by atoms with E-state index >= 15 is 0 Å². The number of amides is 2. The Balaban J connectivity index is 1.18. The number of carbonyl (C=O) groups is 2. The van der Waals surface area contributed by atoms with Gasteiger partial charge in [-0.2, -0.15) is 0 Å². The number of alkyl halides is 1. The number of nitrogens with one attached hydrogen (secondary N) is 1. The number of halogens is 2. The molecule has 2 aliphatic heterocycles. The van der Waals surface area contributed by atoms with Crippen LogP contribution in [0.5, 0.6) is 0 Å². The first-order valence-electron chi connectivity index (χ1n) is 13.0. The molecule has 2 aromatic heterocycles. The van der Waals surface area contributed by atoms with Crippen molar-refractivity contribution < 1.29 is 9.59 Å². The molecule has 6 rings (SSSR count). The fourth-order valence-corrected chi connectivity index (χ4v) is 6.11. The van der Waals surface area contributed by atoms with Gasteiger partial charge in [0.25, 0.3) is 0 Å². The Labute approximate surface area is 234 Å². The molecule has 1 spiro atoms. The highest BCUT2D eigenvalue weighted by atomic mass is 79.9. The van der Waals surface area contributed by atoms with Crippen molar-refractivity contribution in [1.82, 2.24) is 19.9 Å². The molecule has 3 aliphatic rings. The van der Waals surface area contributed by atoms with Crippen LogP contribution in [0.2, 0.25) is 5.02 Å². The third-order valence-corrected chi connectivity index (χ3v) is 8.70. The molecule has 3 fully saturated rings. The number of pyridine rings is 1. The number of benzene rings is 1. The van der Waals surface area contributed by atoms with Crippen LogP contribution in [0.4, 0.5) is 17.3 Å². The first-order chi connectivity index (χ1) is 18.5. The molecule has 10 heteroatoms. The van der Waals surface area contributed by atoms with E-state index in [1.165, 1.54) is 18.4 Å². The van der Waals surface area contributed by atoms with E-state index in [0.29, 0.717) is 66.1 Å². The summed E-state index contributed by atoms with van der Waals surface area (Å²) in [7, 11) is 0. The molecule has 196 valence electrons. The number of anilines is 3. The molecule has 1 aliphatic carbocycles. The number of hydrogen-bond acceptors (Lipinski definition) is 6. The molecule has 2 amide bonds. The molecule has 4 heterocycles. The SMILES string of the molecule is O=C(CBr)N1CCC2(CC1)CCN(c1cncc(Nc3ncc(Cl)c(-c4cccc(C5CC5)c4)n3)c1)C2=O. The number of carbonyl (C=O) groups excluding carboxylic acids is 2. The standard InChI is InChI=1S/C28H28BrClN6O2/c29-14-24(37)35-9-6-28(7-10-35)8-11-36(26(28)38)22-13-21(15-31-16-22)33-27-32-17-23(30)25(34-27)20-3-1-2-19(12-20)18-4-5-18/h1-3,12-13,15-18H,4-11,14H2,(H,32,33,34).